The minimum Gasteiger partial charge on any atom is -0.507 e. The Labute approximate surface area is 190 Å². The van der Waals surface area contributed by atoms with E-state index < -0.39 is 17.7 Å². The number of amides is 1. The van der Waals surface area contributed by atoms with E-state index in [4.69, 9.17) is 4.74 Å². The summed E-state index contributed by atoms with van der Waals surface area (Å²) in [6.45, 7) is 5.94. The number of aryl methyl sites for hydroxylation is 1. The van der Waals surface area contributed by atoms with Crippen molar-refractivity contribution in [3.05, 3.63) is 87.4 Å². The Hall–Kier alpha value is -3.45. The molecule has 32 heavy (non-hydrogen) atoms. The highest BCUT2D eigenvalue weighted by Crippen LogP contribution is 2.42. The van der Waals surface area contributed by atoms with Crippen molar-refractivity contribution >= 4 is 28.8 Å². The first-order chi connectivity index (χ1) is 15.4. The van der Waals surface area contributed by atoms with Crippen LogP contribution in [-0.4, -0.2) is 32.8 Å². The zero-order valence-electron chi connectivity index (χ0n) is 18.1. The first-order valence-electron chi connectivity index (χ1n) is 10.4. The fraction of sp³-hybridized carbons (Fsp3) is 0.240. The quantitative estimate of drug-likeness (QED) is 0.331. The van der Waals surface area contributed by atoms with E-state index >= 15 is 0 Å². The van der Waals surface area contributed by atoms with Gasteiger partial charge in [0, 0.05) is 16.6 Å². The van der Waals surface area contributed by atoms with Crippen molar-refractivity contribution in [2.75, 3.05) is 0 Å². The monoisotopic (exact) mass is 448 g/mol. The number of hydrogen-bond acceptors (Lipinski definition) is 6. The van der Waals surface area contributed by atoms with Crippen LogP contribution in [0.2, 0.25) is 0 Å². The number of aliphatic hydroxyl groups is 1. The second-order valence-electron chi connectivity index (χ2n) is 7.91. The van der Waals surface area contributed by atoms with E-state index in [0.29, 0.717) is 17.0 Å². The second-order valence-corrected chi connectivity index (χ2v) is 8.89. The lowest BCUT2D eigenvalue weighted by Gasteiger charge is -2.23. The van der Waals surface area contributed by atoms with Gasteiger partial charge in [-0.1, -0.05) is 12.1 Å². The van der Waals surface area contributed by atoms with Crippen LogP contribution in [0, 0.1) is 6.92 Å². The molecule has 1 aliphatic heterocycles. The van der Waals surface area contributed by atoms with E-state index in [-0.39, 0.29) is 24.0 Å². The van der Waals surface area contributed by atoms with Crippen LogP contribution >= 0.6 is 11.3 Å². The van der Waals surface area contributed by atoms with Crippen LogP contribution in [0.15, 0.2) is 65.7 Å². The van der Waals surface area contributed by atoms with E-state index in [1.54, 1.807) is 30.5 Å². The Morgan fingerprint density at radius 1 is 1.19 bits per heavy atom. The molecule has 0 spiro atoms. The lowest BCUT2D eigenvalue weighted by Crippen LogP contribution is -2.29. The molecule has 3 aromatic rings. The van der Waals surface area contributed by atoms with Gasteiger partial charge in [0.2, 0.25) is 0 Å². The number of carbonyl (C=O) groups excluding carboxylic acids is 2. The second kappa shape index (κ2) is 8.96. The minimum atomic E-state index is -0.697. The van der Waals surface area contributed by atoms with Crippen molar-refractivity contribution < 1.29 is 19.4 Å². The highest BCUT2D eigenvalue weighted by atomic mass is 32.1. The van der Waals surface area contributed by atoms with Crippen molar-refractivity contribution in [1.29, 1.82) is 0 Å². The number of rotatable bonds is 6. The highest BCUT2D eigenvalue weighted by Gasteiger charge is 2.46. The van der Waals surface area contributed by atoms with Gasteiger partial charge in [0.05, 0.1) is 23.9 Å². The number of likely N-dealkylation sites (tertiary alicyclic amines) is 1. The molecule has 6 nitrogen and oxygen atoms in total. The van der Waals surface area contributed by atoms with Gasteiger partial charge in [-0.15, -0.1) is 11.3 Å². The molecule has 1 unspecified atom stereocenters. The summed E-state index contributed by atoms with van der Waals surface area (Å²) in [5.41, 5.74) is 2.06. The van der Waals surface area contributed by atoms with Crippen molar-refractivity contribution in [3.63, 3.8) is 0 Å². The summed E-state index contributed by atoms with van der Waals surface area (Å²) >= 11 is 1.44. The molecule has 2 aromatic heterocycles. The molecule has 4 rings (SSSR count). The molecule has 0 aliphatic carbocycles. The van der Waals surface area contributed by atoms with E-state index in [9.17, 15) is 14.7 Å². The number of hydrogen-bond donors (Lipinski definition) is 1. The molecular weight excluding hydrogens is 424 g/mol. The molecular formula is C25H24N2O4S. The lowest BCUT2D eigenvalue weighted by molar-refractivity contribution is -0.140. The summed E-state index contributed by atoms with van der Waals surface area (Å²) in [7, 11) is 0. The average Bonchev–Trinajstić information content (AvgIpc) is 3.38. The molecule has 1 N–H and O–H groups in total. The van der Waals surface area contributed by atoms with Crippen molar-refractivity contribution in [2.24, 2.45) is 0 Å². The van der Waals surface area contributed by atoms with Crippen LogP contribution in [0.1, 0.15) is 41.6 Å². The van der Waals surface area contributed by atoms with Crippen LogP contribution < -0.4 is 4.74 Å². The Morgan fingerprint density at radius 2 is 2.00 bits per heavy atom. The lowest BCUT2D eigenvalue weighted by atomic mass is 9.98. The SMILES string of the molecule is Cc1cc(/C(O)=C2/C(=O)C(=O)N(Cc3ccccn3)C2c2cccs2)ccc1OC(C)C. The van der Waals surface area contributed by atoms with Gasteiger partial charge in [0.25, 0.3) is 11.7 Å². The van der Waals surface area contributed by atoms with Crippen LogP contribution in [0.5, 0.6) is 5.75 Å². The van der Waals surface area contributed by atoms with Crippen molar-refractivity contribution in [1.82, 2.24) is 9.88 Å². The maximum absolute atomic E-state index is 13.1. The summed E-state index contributed by atoms with van der Waals surface area (Å²) in [5.74, 6) is -0.824. The number of ketones is 1. The number of carbonyl (C=O) groups is 2. The van der Waals surface area contributed by atoms with Crippen LogP contribution in [0.25, 0.3) is 5.76 Å². The average molecular weight is 449 g/mol. The van der Waals surface area contributed by atoms with E-state index in [1.165, 1.54) is 16.2 Å². The normalized spacial score (nSPS) is 17.9. The fourth-order valence-electron chi connectivity index (χ4n) is 3.79. The van der Waals surface area contributed by atoms with Gasteiger partial charge in [-0.2, -0.15) is 0 Å². The van der Waals surface area contributed by atoms with Gasteiger partial charge in [-0.25, -0.2) is 0 Å². The minimum absolute atomic E-state index is 0.0175. The number of aromatic nitrogens is 1. The number of nitrogens with zero attached hydrogens (tertiary/aromatic N) is 2. The summed E-state index contributed by atoms with van der Waals surface area (Å²) in [6, 6.07) is 13.7. The predicted octanol–water partition coefficient (Wildman–Crippen LogP) is 4.86. The molecule has 7 heteroatoms. The maximum atomic E-state index is 13.1. The van der Waals surface area contributed by atoms with E-state index in [1.807, 2.05) is 50.4 Å². The molecule has 1 fully saturated rings. The van der Waals surface area contributed by atoms with Gasteiger partial charge >= 0.3 is 0 Å². The Bertz CT molecular complexity index is 1170. The first kappa shape index (κ1) is 21.8. The molecule has 1 aliphatic rings. The summed E-state index contributed by atoms with van der Waals surface area (Å²) < 4.78 is 5.77. The number of pyridine rings is 1. The Balaban J connectivity index is 1.79. The van der Waals surface area contributed by atoms with Gasteiger partial charge < -0.3 is 14.7 Å². The van der Waals surface area contributed by atoms with E-state index in [0.717, 1.165) is 10.4 Å². The first-order valence-corrected chi connectivity index (χ1v) is 11.2. The summed E-state index contributed by atoms with van der Waals surface area (Å²) in [6.07, 6.45) is 1.67. The zero-order chi connectivity index (χ0) is 22.8. The third kappa shape index (κ3) is 4.16. The van der Waals surface area contributed by atoms with Crippen LogP contribution in [0.4, 0.5) is 0 Å². The highest BCUT2D eigenvalue weighted by molar-refractivity contribution is 7.10. The third-order valence-electron chi connectivity index (χ3n) is 5.22. The maximum Gasteiger partial charge on any atom is 0.296 e. The smallest absolute Gasteiger partial charge is 0.296 e. The summed E-state index contributed by atoms with van der Waals surface area (Å²) in [5, 5.41) is 13.1. The largest absolute Gasteiger partial charge is 0.507 e. The van der Waals surface area contributed by atoms with Crippen molar-refractivity contribution in [2.45, 2.75) is 39.5 Å². The molecule has 0 saturated carbocycles. The molecule has 1 aromatic carbocycles. The molecule has 0 bridgehead atoms. The number of thiophene rings is 1. The van der Waals surface area contributed by atoms with Crippen molar-refractivity contribution in [3.8, 4) is 5.75 Å². The third-order valence-corrected chi connectivity index (χ3v) is 6.15. The zero-order valence-corrected chi connectivity index (χ0v) is 18.9. The van der Waals surface area contributed by atoms with Gasteiger partial charge in [0.15, 0.2) is 0 Å². The van der Waals surface area contributed by atoms with Gasteiger partial charge in [-0.05, 0) is 68.1 Å². The predicted molar refractivity (Wildman–Crippen MR) is 123 cm³/mol. The standard InChI is InChI=1S/C25H24N2O4S/c1-15(2)31-19-10-9-17(13-16(19)3)23(28)21-22(20-8-6-12-32-20)27(25(30)24(21)29)14-18-7-4-5-11-26-18/h4-13,15,22,28H,14H2,1-3H3/b23-21-. The Morgan fingerprint density at radius 3 is 2.62 bits per heavy atom. The van der Waals surface area contributed by atoms with Crippen LogP contribution in [0.3, 0.4) is 0 Å². The number of aliphatic hydroxyl groups excluding tert-OH is 1. The molecule has 1 amide bonds. The molecule has 3 heterocycles. The summed E-state index contributed by atoms with van der Waals surface area (Å²) in [4.78, 5) is 32.6. The number of Topliss-reactive ketones (excluding diaryl/α,β-unsaturated/α-hetero) is 1. The van der Waals surface area contributed by atoms with Gasteiger partial charge in [0.1, 0.15) is 17.6 Å². The molecule has 164 valence electrons. The molecule has 0 radical (unpaired) electrons. The molecule has 1 atom stereocenters. The fourth-order valence-corrected chi connectivity index (χ4v) is 4.64. The Kier molecular flexibility index (Phi) is 6.10. The number of ether oxygens (including phenoxy) is 1. The molecule has 1 saturated heterocycles. The van der Waals surface area contributed by atoms with Gasteiger partial charge in [-0.3, -0.25) is 14.6 Å². The topological polar surface area (TPSA) is 79.7 Å². The van der Waals surface area contributed by atoms with Crippen LogP contribution in [-0.2, 0) is 16.1 Å². The number of benzene rings is 1. The van der Waals surface area contributed by atoms with E-state index in [2.05, 4.69) is 4.98 Å².